The van der Waals surface area contributed by atoms with Crippen LogP contribution >= 0.6 is 35.6 Å². The van der Waals surface area contributed by atoms with Crippen molar-refractivity contribution < 1.29 is 9.18 Å². The fourth-order valence-electron chi connectivity index (χ4n) is 3.35. The van der Waals surface area contributed by atoms with Crippen LogP contribution in [0.2, 0.25) is 5.02 Å². The molecule has 30 heavy (non-hydrogen) atoms. The van der Waals surface area contributed by atoms with Crippen molar-refractivity contribution in [2.24, 2.45) is 4.99 Å². The molecule has 1 amide bonds. The van der Waals surface area contributed by atoms with Crippen molar-refractivity contribution in [3.05, 3.63) is 70.0 Å². The molecule has 5 nitrogen and oxygen atoms in total. The van der Waals surface area contributed by atoms with Gasteiger partial charge in [0, 0.05) is 55.8 Å². The number of guanidine groups is 1. The van der Waals surface area contributed by atoms with Crippen LogP contribution in [0.4, 0.5) is 4.39 Å². The van der Waals surface area contributed by atoms with Crippen LogP contribution in [-0.2, 0) is 6.42 Å². The number of carbonyl (C=O) groups is 1. The molecule has 0 aliphatic heterocycles. The predicted molar refractivity (Wildman–Crippen MR) is 131 cm³/mol. The van der Waals surface area contributed by atoms with Gasteiger partial charge >= 0.3 is 0 Å². The highest BCUT2D eigenvalue weighted by Gasteiger charge is 2.41. The Morgan fingerprint density at radius 2 is 2.00 bits per heavy atom. The molecule has 1 aliphatic rings. The molecule has 2 unspecified atom stereocenters. The summed E-state index contributed by atoms with van der Waals surface area (Å²) in [6.45, 7) is 0.664. The Balaban J connectivity index is 0.00000320. The summed E-state index contributed by atoms with van der Waals surface area (Å²) in [5, 5.41) is 7.07. The molecule has 0 heterocycles. The first-order chi connectivity index (χ1) is 13.9. The topological polar surface area (TPSA) is 56.7 Å². The zero-order valence-electron chi connectivity index (χ0n) is 17.3. The summed E-state index contributed by atoms with van der Waals surface area (Å²) in [7, 11) is 5.19. The molecule has 0 bridgehead atoms. The second-order valence-corrected chi connectivity index (χ2v) is 7.78. The van der Waals surface area contributed by atoms with Crippen LogP contribution in [0.1, 0.15) is 33.8 Å². The van der Waals surface area contributed by atoms with Crippen LogP contribution in [-0.4, -0.2) is 50.5 Å². The van der Waals surface area contributed by atoms with E-state index in [4.69, 9.17) is 11.6 Å². The minimum atomic E-state index is -0.262. The van der Waals surface area contributed by atoms with E-state index >= 15 is 0 Å². The van der Waals surface area contributed by atoms with Crippen LogP contribution in [0.3, 0.4) is 0 Å². The Hall–Kier alpha value is -1.87. The van der Waals surface area contributed by atoms with Gasteiger partial charge in [-0.1, -0.05) is 29.8 Å². The highest BCUT2D eigenvalue weighted by Crippen LogP contribution is 2.44. The second-order valence-electron chi connectivity index (χ2n) is 7.38. The largest absolute Gasteiger partial charge is 0.356 e. The van der Waals surface area contributed by atoms with Crippen LogP contribution in [0.15, 0.2) is 47.5 Å². The number of nitrogens with one attached hydrogen (secondary N) is 2. The van der Waals surface area contributed by atoms with E-state index < -0.39 is 0 Å². The van der Waals surface area contributed by atoms with Crippen molar-refractivity contribution in [3.63, 3.8) is 0 Å². The molecule has 8 heteroatoms. The van der Waals surface area contributed by atoms with E-state index in [1.807, 2.05) is 24.3 Å². The van der Waals surface area contributed by atoms with Gasteiger partial charge in [0.2, 0.25) is 0 Å². The molecule has 1 saturated carbocycles. The first-order valence-electron chi connectivity index (χ1n) is 9.62. The summed E-state index contributed by atoms with van der Waals surface area (Å²) < 4.78 is 14.1. The molecule has 2 aromatic carbocycles. The van der Waals surface area contributed by atoms with Gasteiger partial charge in [-0.15, -0.1) is 24.0 Å². The molecule has 162 valence electrons. The molecule has 2 atom stereocenters. The van der Waals surface area contributed by atoms with Crippen LogP contribution in [0.5, 0.6) is 0 Å². The van der Waals surface area contributed by atoms with Crippen molar-refractivity contribution in [2.45, 2.75) is 24.8 Å². The van der Waals surface area contributed by atoms with E-state index in [1.54, 1.807) is 38.2 Å². The fourth-order valence-corrected chi connectivity index (χ4v) is 3.66. The number of benzene rings is 2. The molecular weight excluding hydrogens is 518 g/mol. The van der Waals surface area contributed by atoms with Crippen molar-refractivity contribution in [3.8, 4) is 0 Å². The number of hydrogen-bond donors (Lipinski definition) is 2. The van der Waals surface area contributed by atoms with Crippen molar-refractivity contribution in [1.82, 2.24) is 15.5 Å². The van der Waals surface area contributed by atoms with E-state index in [0.29, 0.717) is 28.7 Å². The third kappa shape index (κ3) is 6.07. The maximum absolute atomic E-state index is 14.1. The summed E-state index contributed by atoms with van der Waals surface area (Å²) in [6, 6.07) is 12.5. The summed E-state index contributed by atoms with van der Waals surface area (Å²) in [5.74, 6) is 0.451. The Bertz CT molecular complexity index is 902. The second kappa shape index (κ2) is 10.9. The minimum Gasteiger partial charge on any atom is -0.356 e. The smallest absolute Gasteiger partial charge is 0.253 e. The van der Waals surface area contributed by atoms with Gasteiger partial charge in [0.1, 0.15) is 5.82 Å². The molecule has 0 saturated heterocycles. The number of aliphatic imine (C=N–C) groups is 1. The maximum Gasteiger partial charge on any atom is 0.253 e. The molecule has 1 aliphatic carbocycles. The Morgan fingerprint density at radius 1 is 1.27 bits per heavy atom. The summed E-state index contributed by atoms with van der Waals surface area (Å²) in [4.78, 5) is 17.9. The van der Waals surface area contributed by atoms with Gasteiger partial charge in [-0.05, 0) is 42.7 Å². The van der Waals surface area contributed by atoms with Gasteiger partial charge in [0.15, 0.2) is 5.96 Å². The molecule has 0 aromatic heterocycles. The van der Waals surface area contributed by atoms with Crippen molar-refractivity contribution >= 4 is 47.4 Å². The lowest BCUT2D eigenvalue weighted by Gasteiger charge is -2.13. The zero-order valence-corrected chi connectivity index (χ0v) is 20.4. The average molecular weight is 545 g/mol. The maximum atomic E-state index is 14.1. The van der Waals surface area contributed by atoms with Crippen LogP contribution in [0.25, 0.3) is 0 Å². The molecule has 1 fully saturated rings. The number of amides is 1. The van der Waals surface area contributed by atoms with Gasteiger partial charge in [0.05, 0.1) is 0 Å². The number of hydrogen-bond acceptors (Lipinski definition) is 2. The fraction of sp³-hybridized carbons (Fsp3) is 0.364. The molecule has 0 radical (unpaired) electrons. The van der Waals surface area contributed by atoms with Gasteiger partial charge in [-0.25, -0.2) is 4.39 Å². The number of rotatable bonds is 6. The molecular formula is C22H27ClFIN4O. The average Bonchev–Trinajstić information content (AvgIpc) is 3.45. The van der Waals surface area contributed by atoms with Gasteiger partial charge in [0.25, 0.3) is 5.91 Å². The zero-order chi connectivity index (χ0) is 21.0. The lowest BCUT2D eigenvalue weighted by molar-refractivity contribution is 0.0827. The first kappa shape index (κ1) is 24.4. The first-order valence-corrected chi connectivity index (χ1v) is 10.00. The number of carbonyl (C=O) groups excluding carboxylic acids is 1. The van der Waals surface area contributed by atoms with Gasteiger partial charge in [-0.2, -0.15) is 0 Å². The highest BCUT2D eigenvalue weighted by atomic mass is 127. The SMILES string of the molecule is CN=C(NCCc1cccc(C(=O)N(C)C)c1)NC1CC1c1c(F)cccc1Cl.I. The molecule has 3 rings (SSSR count). The number of halogens is 3. The Kier molecular flexibility index (Phi) is 8.91. The summed E-state index contributed by atoms with van der Waals surface area (Å²) in [6.07, 6.45) is 1.57. The normalized spacial score (nSPS) is 17.7. The van der Waals surface area contributed by atoms with Crippen molar-refractivity contribution in [2.75, 3.05) is 27.7 Å². The van der Waals surface area contributed by atoms with Gasteiger partial charge in [-0.3, -0.25) is 9.79 Å². The molecule has 2 aromatic rings. The standard InChI is InChI=1S/C22H26ClFN4O.HI/c1-25-22(27-19-13-16(19)20-17(23)8-5-9-18(20)24)26-11-10-14-6-4-7-15(12-14)21(29)28(2)3;/h4-9,12,16,19H,10-11,13H2,1-3H3,(H2,25,26,27);1H. The van der Waals surface area contributed by atoms with Crippen LogP contribution < -0.4 is 10.6 Å². The Labute approximate surface area is 199 Å². The lowest BCUT2D eigenvalue weighted by Crippen LogP contribution is -2.40. The minimum absolute atomic E-state index is 0. The van der Waals surface area contributed by atoms with Crippen molar-refractivity contribution in [1.29, 1.82) is 0 Å². The van der Waals surface area contributed by atoms with Gasteiger partial charge < -0.3 is 15.5 Å². The summed E-state index contributed by atoms with van der Waals surface area (Å²) >= 11 is 6.17. The quantitative estimate of drug-likeness (QED) is 0.328. The van der Waals surface area contributed by atoms with E-state index in [9.17, 15) is 9.18 Å². The monoisotopic (exact) mass is 544 g/mol. The van der Waals surface area contributed by atoms with E-state index in [0.717, 1.165) is 18.4 Å². The summed E-state index contributed by atoms with van der Waals surface area (Å²) in [5.41, 5.74) is 2.32. The molecule has 0 spiro atoms. The van der Waals surface area contributed by atoms with E-state index in [2.05, 4.69) is 15.6 Å². The molecule has 2 N–H and O–H groups in total. The van der Waals surface area contributed by atoms with E-state index in [1.165, 1.54) is 6.07 Å². The van der Waals surface area contributed by atoms with E-state index in [-0.39, 0.29) is 47.7 Å². The third-order valence-electron chi connectivity index (χ3n) is 4.99. The predicted octanol–water partition coefficient (Wildman–Crippen LogP) is 4.06. The Morgan fingerprint density at radius 3 is 2.67 bits per heavy atom. The number of nitrogens with zero attached hydrogens (tertiary/aromatic N) is 2. The van der Waals surface area contributed by atoms with Crippen LogP contribution in [0, 0.1) is 5.82 Å². The highest BCUT2D eigenvalue weighted by molar-refractivity contribution is 14.0. The lowest BCUT2D eigenvalue weighted by atomic mass is 10.1. The third-order valence-corrected chi connectivity index (χ3v) is 5.32.